The Morgan fingerprint density at radius 2 is 2.19 bits per heavy atom. The standard InChI is InChI=1S/C13H14FNO/c1-2-10-6-11(8-12(14)7-10)13(15-9-16)4-3-5-13/h6-8H,2-5H2,1H3. The van der Waals surface area contributed by atoms with E-state index in [1.807, 2.05) is 13.0 Å². The molecular formula is C13H14FNO. The minimum absolute atomic E-state index is 0.248. The average Bonchev–Trinajstić information content (AvgIpc) is 2.22. The van der Waals surface area contributed by atoms with Crippen molar-refractivity contribution < 1.29 is 9.18 Å². The second-order valence-electron chi connectivity index (χ2n) is 4.29. The van der Waals surface area contributed by atoms with Crippen molar-refractivity contribution in [1.82, 2.24) is 0 Å². The Morgan fingerprint density at radius 1 is 1.44 bits per heavy atom. The number of hydrogen-bond acceptors (Lipinski definition) is 2. The Bertz CT molecular complexity index is 445. The summed E-state index contributed by atoms with van der Waals surface area (Å²) in [5, 5.41) is 0. The van der Waals surface area contributed by atoms with E-state index in [9.17, 15) is 9.18 Å². The molecule has 0 saturated heterocycles. The summed E-state index contributed by atoms with van der Waals surface area (Å²) in [7, 11) is 0. The molecule has 0 spiro atoms. The highest BCUT2D eigenvalue weighted by atomic mass is 19.1. The Kier molecular flexibility index (Phi) is 2.88. The zero-order valence-electron chi connectivity index (χ0n) is 9.29. The topological polar surface area (TPSA) is 29.4 Å². The number of halogens is 1. The summed E-state index contributed by atoms with van der Waals surface area (Å²) in [6.07, 6.45) is 5.06. The highest BCUT2D eigenvalue weighted by Gasteiger charge is 2.39. The van der Waals surface area contributed by atoms with E-state index in [1.165, 1.54) is 12.1 Å². The summed E-state index contributed by atoms with van der Waals surface area (Å²) in [5.74, 6) is -0.248. The van der Waals surface area contributed by atoms with E-state index in [4.69, 9.17) is 0 Å². The minimum Gasteiger partial charge on any atom is -0.211 e. The van der Waals surface area contributed by atoms with Gasteiger partial charge in [0.1, 0.15) is 5.82 Å². The van der Waals surface area contributed by atoms with Crippen molar-refractivity contribution in [3.63, 3.8) is 0 Å². The largest absolute Gasteiger partial charge is 0.235 e. The van der Waals surface area contributed by atoms with Crippen LogP contribution in [-0.2, 0) is 16.8 Å². The molecule has 0 aliphatic heterocycles. The Balaban J connectivity index is 2.45. The molecule has 0 atom stereocenters. The fourth-order valence-electron chi connectivity index (χ4n) is 2.19. The van der Waals surface area contributed by atoms with Gasteiger partial charge in [0.25, 0.3) is 0 Å². The third-order valence-corrected chi connectivity index (χ3v) is 3.34. The van der Waals surface area contributed by atoms with Gasteiger partial charge in [0, 0.05) is 0 Å². The lowest BCUT2D eigenvalue weighted by Crippen LogP contribution is -2.32. The first-order valence-corrected chi connectivity index (χ1v) is 5.59. The van der Waals surface area contributed by atoms with Crippen molar-refractivity contribution >= 4 is 6.08 Å². The zero-order chi connectivity index (χ0) is 11.6. The highest BCUT2D eigenvalue weighted by Crippen LogP contribution is 2.45. The van der Waals surface area contributed by atoms with Gasteiger partial charge in [-0.1, -0.05) is 13.0 Å². The van der Waals surface area contributed by atoms with E-state index < -0.39 is 5.54 Å². The van der Waals surface area contributed by atoms with Crippen LogP contribution in [0.3, 0.4) is 0 Å². The first kappa shape index (κ1) is 11.0. The molecule has 1 aliphatic carbocycles. The predicted molar refractivity (Wildman–Crippen MR) is 59.4 cm³/mol. The van der Waals surface area contributed by atoms with Gasteiger partial charge < -0.3 is 0 Å². The number of aliphatic imine (C=N–C) groups is 1. The molecule has 1 fully saturated rings. The molecule has 0 unspecified atom stereocenters. The van der Waals surface area contributed by atoms with E-state index in [0.29, 0.717) is 0 Å². The molecular weight excluding hydrogens is 205 g/mol. The molecule has 2 nitrogen and oxygen atoms in total. The van der Waals surface area contributed by atoms with Gasteiger partial charge in [0.2, 0.25) is 6.08 Å². The summed E-state index contributed by atoms with van der Waals surface area (Å²) in [6.45, 7) is 1.98. The lowest BCUT2D eigenvalue weighted by molar-refractivity contribution is 0.255. The number of carbonyl (C=O) groups excluding carboxylic acids is 1. The Hall–Kier alpha value is -1.47. The number of aryl methyl sites for hydroxylation is 1. The first-order chi connectivity index (χ1) is 7.70. The molecule has 2 rings (SSSR count). The van der Waals surface area contributed by atoms with Crippen LogP contribution in [0.15, 0.2) is 23.2 Å². The van der Waals surface area contributed by atoms with Crippen molar-refractivity contribution in [2.45, 2.75) is 38.1 Å². The van der Waals surface area contributed by atoms with E-state index >= 15 is 0 Å². The Labute approximate surface area is 94.2 Å². The zero-order valence-corrected chi connectivity index (χ0v) is 9.29. The van der Waals surface area contributed by atoms with Crippen molar-refractivity contribution in [3.05, 3.63) is 35.1 Å². The summed E-state index contributed by atoms with van der Waals surface area (Å²) >= 11 is 0. The van der Waals surface area contributed by atoms with E-state index in [0.717, 1.165) is 36.8 Å². The van der Waals surface area contributed by atoms with E-state index in [2.05, 4.69) is 4.99 Å². The van der Waals surface area contributed by atoms with Gasteiger partial charge in [0.15, 0.2) is 0 Å². The van der Waals surface area contributed by atoms with Crippen LogP contribution < -0.4 is 0 Å². The normalized spacial score (nSPS) is 17.4. The molecule has 84 valence electrons. The fraction of sp³-hybridized carbons (Fsp3) is 0.462. The smallest absolute Gasteiger partial charge is 0.211 e. The first-order valence-electron chi connectivity index (χ1n) is 5.59. The van der Waals surface area contributed by atoms with E-state index in [1.54, 1.807) is 6.08 Å². The lowest BCUT2D eigenvalue weighted by atomic mass is 9.72. The van der Waals surface area contributed by atoms with Crippen molar-refractivity contribution in [3.8, 4) is 0 Å². The van der Waals surface area contributed by atoms with Gasteiger partial charge in [-0.05, 0) is 48.9 Å². The second-order valence-corrected chi connectivity index (χ2v) is 4.29. The van der Waals surface area contributed by atoms with Crippen LogP contribution in [0.1, 0.15) is 37.3 Å². The van der Waals surface area contributed by atoms with Crippen LogP contribution in [0.2, 0.25) is 0 Å². The van der Waals surface area contributed by atoms with Gasteiger partial charge in [0.05, 0.1) is 5.54 Å². The van der Waals surface area contributed by atoms with Crippen LogP contribution in [0, 0.1) is 5.82 Å². The summed E-state index contributed by atoms with van der Waals surface area (Å²) < 4.78 is 13.4. The van der Waals surface area contributed by atoms with Gasteiger partial charge >= 0.3 is 0 Å². The molecule has 0 heterocycles. The molecule has 0 N–H and O–H groups in total. The maximum atomic E-state index is 13.4. The molecule has 3 heteroatoms. The van der Waals surface area contributed by atoms with Gasteiger partial charge in [-0.15, -0.1) is 0 Å². The van der Waals surface area contributed by atoms with Gasteiger partial charge in [-0.2, -0.15) is 4.99 Å². The quantitative estimate of drug-likeness (QED) is 0.567. The number of rotatable bonds is 3. The summed E-state index contributed by atoms with van der Waals surface area (Å²) in [4.78, 5) is 14.3. The van der Waals surface area contributed by atoms with Gasteiger partial charge in [-0.3, -0.25) is 0 Å². The SMILES string of the molecule is CCc1cc(F)cc(C2(N=C=O)CCC2)c1. The molecule has 0 aromatic heterocycles. The summed E-state index contributed by atoms with van der Waals surface area (Å²) in [5.41, 5.74) is 1.27. The van der Waals surface area contributed by atoms with E-state index in [-0.39, 0.29) is 5.82 Å². The summed E-state index contributed by atoms with van der Waals surface area (Å²) in [6, 6.07) is 4.96. The number of benzene rings is 1. The molecule has 1 aromatic rings. The molecule has 1 aliphatic rings. The molecule has 1 saturated carbocycles. The number of nitrogens with zero attached hydrogens (tertiary/aromatic N) is 1. The molecule has 0 amide bonds. The van der Waals surface area contributed by atoms with Crippen molar-refractivity contribution in [2.24, 2.45) is 4.99 Å². The maximum absolute atomic E-state index is 13.4. The average molecular weight is 219 g/mol. The highest BCUT2D eigenvalue weighted by molar-refractivity contribution is 5.40. The van der Waals surface area contributed by atoms with Gasteiger partial charge in [-0.25, -0.2) is 9.18 Å². The third kappa shape index (κ3) is 1.79. The Morgan fingerprint density at radius 3 is 2.69 bits per heavy atom. The molecule has 1 aromatic carbocycles. The van der Waals surface area contributed by atoms with Crippen LogP contribution in [0.5, 0.6) is 0 Å². The molecule has 0 bridgehead atoms. The number of hydrogen-bond donors (Lipinski definition) is 0. The maximum Gasteiger partial charge on any atom is 0.235 e. The minimum atomic E-state index is -0.492. The number of isocyanates is 1. The van der Waals surface area contributed by atoms with Crippen molar-refractivity contribution in [1.29, 1.82) is 0 Å². The monoisotopic (exact) mass is 219 g/mol. The van der Waals surface area contributed by atoms with Crippen molar-refractivity contribution in [2.75, 3.05) is 0 Å². The second kappa shape index (κ2) is 4.18. The van der Waals surface area contributed by atoms with Crippen LogP contribution >= 0.6 is 0 Å². The van der Waals surface area contributed by atoms with Crippen LogP contribution in [0.4, 0.5) is 4.39 Å². The predicted octanol–water partition coefficient (Wildman–Crippen LogP) is 3.10. The van der Waals surface area contributed by atoms with Crippen LogP contribution in [-0.4, -0.2) is 6.08 Å². The third-order valence-electron chi connectivity index (χ3n) is 3.34. The molecule has 0 radical (unpaired) electrons. The van der Waals surface area contributed by atoms with Crippen LogP contribution in [0.25, 0.3) is 0 Å². The molecule has 16 heavy (non-hydrogen) atoms. The fourth-order valence-corrected chi connectivity index (χ4v) is 2.19. The lowest BCUT2D eigenvalue weighted by Gasteiger charge is -2.37.